The van der Waals surface area contributed by atoms with Gasteiger partial charge in [-0.05, 0) is 18.9 Å². The van der Waals surface area contributed by atoms with Crippen LogP contribution in [-0.4, -0.2) is 41.5 Å². The van der Waals surface area contributed by atoms with Crippen molar-refractivity contribution < 1.29 is 14.3 Å². The van der Waals surface area contributed by atoms with Crippen molar-refractivity contribution in [2.45, 2.75) is 26.7 Å². The van der Waals surface area contributed by atoms with Crippen molar-refractivity contribution in [3.8, 4) is 6.01 Å². The fourth-order valence-corrected chi connectivity index (χ4v) is 1.46. The minimum atomic E-state index is -0.106. The molecule has 0 unspecified atom stereocenters. The lowest BCUT2D eigenvalue weighted by Crippen LogP contribution is -2.33. The van der Waals surface area contributed by atoms with Gasteiger partial charge >= 0.3 is 6.01 Å². The first kappa shape index (κ1) is 15.9. The number of nitrogens with one attached hydrogen (secondary N) is 2. The van der Waals surface area contributed by atoms with Gasteiger partial charge in [0.2, 0.25) is 11.8 Å². The van der Waals surface area contributed by atoms with E-state index in [1.165, 1.54) is 6.92 Å². The summed E-state index contributed by atoms with van der Waals surface area (Å²) in [7, 11) is 0. The van der Waals surface area contributed by atoms with E-state index in [2.05, 4.69) is 20.6 Å². The zero-order valence-electron chi connectivity index (χ0n) is 11.8. The Kier molecular flexibility index (Phi) is 7.02. The Morgan fingerprint density at radius 2 is 1.85 bits per heavy atom. The predicted octanol–water partition coefficient (Wildman–Crippen LogP) is 0.0602. The second-order valence-corrected chi connectivity index (χ2v) is 4.14. The highest BCUT2D eigenvalue weighted by Gasteiger charge is 2.03. The molecular formula is C13H20N4O3. The topological polar surface area (TPSA) is 93.2 Å². The minimum Gasteiger partial charge on any atom is -0.464 e. The Morgan fingerprint density at radius 3 is 2.45 bits per heavy atom. The van der Waals surface area contributed by atoms with Gasteiger partial charge in [-0.15, -0.1) is 0 Å². The summed E-state index contributed by atoms with van der Waals surface area (Å²) in [5.74, 6) is -0.171. The summed E-state index contributed by atoms with van der Waals surface area (Å²) in [4.78, 5) is 30.2. The first-order valence-corrected chi connectivity index (χ1v) is 6.56. The van der Waals surface area contributed by atoms with Crippen LogP contribution in [0.25, 0.3) is 0 Å². The van der Waals surface area contributed by atoms with Gasteiger partial charge in [0.1, 0.15) is 0 Å². The van der Waals surface area contributed by atoms with Crippen LogP contribution in [0.1, 0.15) is 25.8 Å². The molecule has 2 N–H and O–H groups in total. The number of hydrogen-bond acceptors (Lipinski definition) is 5. The van der Waals surface area contributed by atoms with Gasteiger partial charge in [0.25, 0.3) is 0 Å². The highest BCUT2D eigenvalue weighted by molar-refractivity contribution is 5.76. The van der Waals surface area contributed by atoms with Crippen molar-refractivity contribution in [2.75, 3.05) is 19.7 Å². The van der Waals surface area contributed by atoms with Crippen molar-refractivity contribution in [3.63, 3.8) is 0 Å². The number of nitrogens with zero attached hydrogens (tertiary/aromatic N) is 2. The largest absolute Gasteiger partial charge is 0.464 e. The molecule has 7 heteroatoms. The molecule has 0 aliphatic heterocycles. The molecule has 1 aromatic rings. The standard InChI is InChI=1S/C13H20N4O3/c1-3-20-13-16-8-11(9-17-13)4-5-12(19)15-7-6-14-10(2)18/h8-9H,3-7H2,1-2H3,(H,14,18)(H,15,19). The molecular weight excluding hydrogens is 260 g/mol. The summed E-state index contributed by atoms with van der Waals surface area (Å²) in [6, 6.07) is 0.344. The van der Waals surface area contributed by atoms with Gasteiger partial charge in [-0.3, -0.25) is 9.59 Å². The van der Waals surface area contributed by atoms with Crippen molar-refractivity contribution >= 4 is 11.8 Å². The molecule has 1 heterocycles. The molecule has 1 rings (SSSR count). The molecule has 0 atom stereocenters. The molecule has 1 aromatic heterocycles. The normalized spacial score (nSPS) is 9.90. The predicted molar refractivity (Wildman–Crippen MR) is 73.2 cm³/mol. The molecule has 0 bridgehead atoms. The van der Waals surface area contributed by atoms with Crippen molar-refractivity contribution in [1.29, 1.82) is 0 Å². The fraction of sp³-hybridized carbons (Fsp3) is 0.538. The van der Waals surface area contributed by atoms with E-state index in [-0.39, 0.29) is 11.8 Å². The quantitative estimate of drug-likeness (QED) is 0.657. The third-order valence-electron chi connectivity index (χ3n) is 2.42. The summed E-state index contributed by atoms with van der Waals surface area (Å²) in [6.07, 6.45) is 4.24. The minimum absolute atomic E-state index is 0.0655. The van der Waals surface area contributed by atoms with Crippen LogP contribution in [0, 0.1) is 0 Å². The van der Waals surface area contributed by atoms with Crippen LogP contribution < -0.4 is 15.4 Å². The number of amides is 2. The molecule has 0 saturated carbocycles. The molecule has 0 aromatic carbocycles. The summed E-state index contributed by atoms with van der Waals surface area (Å²) in [5.41, 5.74) is 0.880. The zero-order chi connectivity index (χ0) is 14.8. The van der Waals surface area contributed by atoms with Gasteiger partial charge in [0.05, 0.1) is 6.61 Å². The fourth-order valence-electron chi connectivity index (χ4n) is 1.46. The Morgan fingerprint density at radius 1 is 1.20 bits per heavy atom. The van der Waals surface area contributed by atoms with Crippen LogP contribution >= 0.6 is 0 Å². The lowest BCUT2D eigenvalue weighted by Gasteiger charge is -2.06. The first-order valence-electron chi connectivity index (χ1n) is 6.56. The summed E-state index contributed by atoms with van der Waals surface area (Å²) in [6.45, 7) is 4.69. The van der Waals surface area contributed by atoms with Gasteiger partial charge in [-0.25, -0.2) is 9.97 Å². The Labute approximate surface area is 118 Å². The van der Waals surface area contributed by atoms with Crippen LogP contribution in [-0.2, 0) is 16.0 Å². The maximum Gasteiger partial charge on any atom is 0.316 e. The molecule has 0 radical (unpaired) electrons. The summed E-state index contributed by atoms with van der Waals surface area (Å²) < 4.78 is 5.14. The van der Waals surface area contributed by atoms with Gasteiger partial charge in [0.15, 0.2) is 0 Å². The van der Waals surface area contributed by atoms with E-state index in [1.54, 1.807) is 12.4 Å². The third kappa shape index (κ3) is 6.67. The lowest BCUT2D eigenvalue weighted by atomic mass is 10.2. The average Bonchev–Trinajstić information content (AvgIpc) is 2.43. The second kappa shape index (κ2) is 8.84. The van der Waals surface area contributed by atoms with E-state index in [0.717, 1.165) is 5.56 Å². The van der Waals surface area contributed by atoms with Gasteiger partial charge in [-0.1, -0.05) is 0 Å². The van der Waals surface area contributed by atoms with Crippen LogP contribution in [0.4, 0.5) is 0 Å². The molecule has 0 saturated heterocycles. The van der Waals surface area contributed by atoms with Crippen LogP contribution in [0.5, 0.6) is 6.01 Å². The van der Waals surface area contributed by atoms with E-state index < -0.39 is 0 Å². The van der Waals surface area contributed by atoms with Gasteiger partial charge in [-0.2, -0.15) is 0 Å². The monoisotopic (exact) mass is 280 g/mol. The number of aromatic nitrogens is 2. The smallest absolute Gasteiger partial charge is 0.316 e. The van der Waals surface area contributed by atoms with Crippen LogP contribution in [0.2, 0.25) is 0 Å². The van der Waals surface area contributed by atoms with Crippen molar-refractivity contribution in [1.82, 2.24) is 20.6 Å². The molecule has 20 heavy (non-hydrogen) atoms. The summed E-state index contributed by atoms with van der Waals surface area (Å²) in [5, 5.41) is 5.33. The number of rotatable bonds is 8. The number of carbonyl (C=O) groups is 2. The molecule has 7 nitrogen and oxygen atoms in total. The van der Waals surface area contributed by atoms with E-state index in [4.69, 9.17) is 4.74 Å². The maximum atomic E-state index is 11.5. The Bertz CT molecular complexity index is 434. The number of ether oxygens (including phenoxy) is 1. The number of hydrogen-bond donors (Lipinski definition) is 2. The molecule has 2 amide bonds. The Hall–Kier alpha value is -2.18. The molecule has 0 fully saturated rings. The van der Waals surface area contributed by atoms with Crippen molar-refractivity contribution in [3.05, 3.63) is 18.0 Å². The third-order valence-corrected chi connectivity index (χ3v) is 2.42. The number of carbonyl (C=O) groups excluding carboxylic acids is 2. The van der Waals surface area contributed by atoms with Crippen molar-refractivity contribution in [2.24, 2.45) is 0 Å². The van der Waals surface area contributed by atoms with Crippen LogP contribution in [0.15, 0.2) is 12.4 Å². The zero-order valence-corrected chi connectivity index (χ0v) is 11.8. The highest BCUT2D eigenvalue weighted by atomic mass is 16.5. The lowest BCUT2D eigenvalue weighted by molar-refractivity contribution is -0.122. The highest BCUT2D eigenvalue weighted by Crippen LogP contribution is 2.04. The van der Waals surface area contributed by atoms with E-state index in [0.29, 0.717) is 38.5 Å². The molecule has 0 aliphatic rings. The molecule has 0 aliphatic carbocycles. The molecule has 110 valence electrons. The van der Waals surface area contributed by atoms with Crippen LogP contribution in [0.3, 0.4) is 0 Å². The van der Waals surface area contributed by atoms with E-state index >= 15 is 0 Å². The second-order valence-electron chi connectivity index (χ2n) is 4.14. The Balaban J connectivity index is 2.21. The average molecular weight is 280 g/mol. The summed E-state index contributed by atoms with van der Waals surface area (Å²) >= 11 is 0. The number of aryl methyl sites for hydroxylation is 1. The van der Waals surface area contributed by atoms with Gasteiger partial charge in [0, 0.05) is 38.8 Å². The maximum absolute atomic E-state index is 11.5. The SMILES string of the molecule is CCOc1ncc(CCC(=O)NCCNC(C)=O)cn1. The first-order chi connectivity index (χ1) is 9.61. The van der Waals surface area contributed by atoms with Gasteiger partial charge < -0.3 is 15.4 Å². The van der Waals surface area contributed by atoms with E-state index in [9.17, 15) is 9.59 Å². The van der Waals surface area contributed by atoms with E-state index in [1.807, 2.05) is 6.92 Å². The molecule has 0 spiro atoms.